The van der Waals surface area contributed by atoms with Gasteiger partial charge in [0.15, 0.2) is 0 Å². The molecule has 0 aliphatic carbocycles. The Morgan fingerprint density at radius 2 is 1.86 bits per heavy atom. The van der Waals surface area contributed by atoms with E-state index in [9.17, 15) is 4.79 Å². The van der Waals surface area contributed by atoms with E-state index >= 15 is 0 Å². The molecule has 0 aliphatic rings. The van der Waals surface area contributed by atoms with Crippen LogP contribution in [0.2, 0.25) is 0 Å². The Kier molecular flexibility index (Phi) is 4.47. The van der Waals surface area contributed by atoms with Crippen molar-refractivity contribution in [2.24, 2.45) is 0 Å². The van der Waals surface area contributed by atoms with Crippen LogP contribution in [0.15, 0.2) is 26.0 Å². The summed E-state index contributed by atoms with van der Waals surface area (Å²) < 4.78 is 6.41. The van der Waals surface area contributed by atoms with Gasteiger partial charge < -0.3 is 4.74 Å². The third-order valence-electron chi connectivity index (χ3n) is 1.62. The maximum atomic E-state index is 11.2. The lowest BCUT2D eigenvalue weighted by Crippen LogP contribution is -2.01. The van der Waals surface area contributed by atoms with E-state index in [1.54, 1.807) is 23.9 Å². The van der Waals surface area contributed by atoms with Crippen molar-refractivity contribution in [3.05, 3.63) is 26.6 Å². The van der Waals surface area contributed by atoms with E-state index in [-0.39, 0.29) is 5.97 Å². The molecule has 0 spiro atoms. The van der Waals surface area contributed by atoms with Gasteiger partial charge in [0.05, 0.1) is 12.7 Å². The second kappa shape index (κ2) is 5.19. The number of hydrogen-bond donors (Lipinski definition) is 0. The summed E-state index contributed by atoms with van der Waals surface area (Å²) in [6, 6.07) is 3.50. The first-order valence-electron chi connectivity index (χ1n) is 3.71. The minimum atomic E-state index is -0.334. The molecule has 0 radical (unpaired) electrons. The molecule has 1 rings (SSSR count). The molecule has 0 aliphatic heterocycles. The zero-order valence-electron chi connectivity index (χ0n) is 7.64. The lowest BCUT2D eigenvalue weighted by Gasteiger charge is -2.06. The minimum Gasteiger partial charge on any atom is -0.465 e. The van der Waals surface area contributed by atoms with Crippen molar-refractivity contribution in [2.75, 3.05) is 13.4 Å². The van der Waals surface area contributed by atoms with Crippen LogP contribution in [-0.2, 0) is 4.74 Å². The summed E-state index contributed by atoms with van der Waals surface area (Å²) in [4.78, 5) is 12.3. The number of carbonyl (C=O) groups excluding carboxylic acids is 1. The molecule has 5 heteroatoms. The van der Waals surface area contributed by atoms with Crippen LogP contribution >= 0.6 is 43.6 Å². The molecule has 0 heterocycles. The number of thioether (sulfide) groups is 1. The summed E-state index contributed by atoms with van der Waals surface area (Å²) in [5.74, 6) is -0.334. The highest BCUT2D eigenvalue weighted by molar-refractivity contribution is 9.11. The van der Waals surface area contributed by atoms with Gasteiger partial charge in [0, 0.05) is 13.8 Å². The molecule has 1 aromatic rings. The molecular formula is C9H8Br2O2S. The zero-order chi connectivity index (χ0) is 10.7. The predicted octanol–water partition coefficient (Wildman–Crippen LogP) is 3.72. The van der Waals surface area contributed by atoms with Crippen molar-refractivity contribution in [2.45, 2.75) is 4.90 Å². The van der Waals surface area contributed by atoms with E-state index in [4.69, 9.17) is 0 Å². The van der Waals surface area contributed by atoms with Gasteiger partial charge in [0.25, 0.3) is 0 Å². The van der Waals surface area contributed by atoms with Gasteiger partial charge in [-0.15, -0.1) is 11.8 Å². The summed E-state index contributed by atoms with van der Waals surface area (Å²) in [5.41, 5.74) is 0.532. The van der Waals surface area contributed by atoms with E-state index in [0.29, 0.717) is 5.56 Å². The third kappa shape index (κ3) is 2.52. The Labute approximate surface area is 104 Å². The highest BCUT2D eigenvalue weighted by Gasteiger charge is 2.11. The third-order valence-corrected chi connectivity index (χ3v) is 4.25. The number of carbonyl (C=O) groups is 1. The number of rotatable bonds is 2. The number of halogens is 2. The van der Waals surface area contributed by atoms with Crippen LogP contribution in [0.5, 0.6) is 0 Å². The fourth-order valence-corrected chi connectivity index (χ4v) is 3.66. The second-order valence-electron chi connectivity index (χ2n) is 2.46. The molecule has 0 atom stereocenters. The number of hydrogen-bond acceptors (Lipinski definition) is 3. The fraction of sp³-hybridized carbons (Fsp3) is 0.222. The van der Waals surface area contributed by atoms with E-state index < -0.39 is 0 Å². The highest BCUT2D eigenvalue weighted by atomic mass is 79.9. The van der Waals surface area contributed by atoms with Crippen LogP contribution in [0, 0.1) is 0 Å². The van der Waals surface area contributed by atoms with Crippen molar-refractivity contribution in [1.82, 2.24) is 0 Å². The van der Waals surface area contributed by atoms with Crippen molar-refractivity contribution in [3.63, 3.8) is 0 Å². The number of ether oxygens (including phenoxy) is 1. The Bertz CT molecular complexity index is 343. The smallest absolute Gasteiger partial charge is 0.337 e. The van der Waals surface area contributed by atoms with Crippen LogP contribution < -0.4 is 0 Å². The SMILES string of the molecule is COC(=O)c1cc(Br)c(SC)c(Br)c1. The molecule has 0 saturated heterocycles. The van der Waals surface area contributed by atoms with Crippen LogP contribution in [-0.4, -0.2) is 19.3 Å². The van der Waals surface area contributed by atoms with Crippen molar-refractivity contribution >= 4 is 49.6 Å². The summed E-state index contributed by atoms with van der Waals surface area (Å²) in [6.07, 6.45) is 1.97. The average Bonchev–Trinajstić information content (AvgIpc) is 2.16. The molecule has 0 amide bonds. The molecule has 2 nitrogen and oxygen atoms in total. The van der Waals surface area contributed by atoms with Crippen LogP contribution in [0.25, 0.3) is 0 Å². The topological polar surface area (TPSA) is 26.3 Å². The predicted molar refractivity (Wildman–Crippen MR) is 65.0 cm³/mol. The monoisotopic (exact) mass is 338 g/mol. The Hall–Kier alpha value is -0.000000000000000111. The summed E-state index contributed by atoms with van der Waals surface area (Å²) in [6.45, 7) is 0. The first kappa shape index (κ1) is 12.1. The van der Waals surface area contributed by atoms with Gasteiger partial charge in [-0.2, -0.15) is 0 Å². The largest absolute Gasteiger partial charge is 0.465 e. The molecule has 0 unspecified atom stereocenters. The number of benzene rings is 1. The average molecular weight is 340 g/mol. The quantitative estimate of drug-likeness (QED) is 0.606. The lowest BCUT2D eigenvalue weighted by molar-refractivity contribution is 0.0600. The molecule has 0 bridgehead atoms. The molecule has 14 heavy (non-hydrogen) atoms. The van der Waals surface area contributed by atoms with E-state index in [1.807, 2.05) is 6.26 Å². The van der Waals surface area contributed by atoms with Gasteiger partial charge in [-0.1, -0.05) is 0 Å². The van der Waals surface area contributed by atoms with Gasteiger partial charge in [0.2, 0.25) is 0 Å². The highest BCUT2D eigenvalue weighted by Crippen LogP contribution is 2.34. The van der Waals surface area contributed by atoms with Crippen LogP contribution in [0.1, 0.15) is 10.4 Å². The number of methoxy groups -OCH3 is 1. The van der Waals surface area contributed by atoms with Crippen molar-refractivity contribution in [1.29, 1.82) is 0 Å². The fourth-order valence-electron chi connectivity index (χ4n) is 0.991. The molecule has 1 aromatic carbocycles. The van der Waals surface area contributed by atoms with Gasteiger partial charge >= 0.3 is 5.97 Å². The maximum Gasteiger partial charge on any atom is 0.337 e. The van der Waals surface area contributed by atoms with Crippen LogP contribution in [0.3, 0.4) is 0 Å². The summed E-state index contributed by atoms with van der Waals surface area (Å²) in [7, 11) is 1.37. The molecule has 76 valence electrons. The maximum absolute atomic E-state index is 11.2. The van der Waals surface area contributed by atoms with Gasteiger partial charge in [-0.25, -0.2) is 4.79 Å². The van der Waals surface area contributed by atoms with Gasteiger partial charge in [-0.3, -0.25) is 0 Å². The van der Waals surface area contributed by atoms with E-state index in [1.165, 1.54) is 7.11 Å². The van der Waals surface area contributed by atoms with E-state index in [2.05, 4.69) is 36.6 Å². The lowest BCUT2D eigenvalue weighted by atomic mass is 10.2. The second-order valence-corrected chi connectivity index (χ2v) is 4.99. The standard InChI is InChI=1S/C9H8Br2O2S/c1-13-9(12)5-3-6(10)8(14-2)7(11)4-5/h3-4H,1-2H3. The molecule has 0 fully saturated rings. The van der Waals surface area contributed by atoms with E-state index in [0.717, 1.165) is 13.8 Å². The molecule has 0 aromatic heterocycles. The first-order chi connectivity index (χ1) is 6.60. The van der Waals surface area contributed by atoms with Gasteiger partial charge in [0.1, 0.15) is 0 Å². The Morgan fingerprint density at radius 3 is 2.21 bits per heavy atom. The zero-order valence-corrected chi connectivity index (χ0v) is 11.6. The van der Waals surface area contributed by atoms with Gasteiger partial charge in [-0.05, 0) is 50.2 Å². The Balaban J connectivity index is 3.20. The molecule has 0 saturated carbocycles. The minimum absolute atomic E-state index is 0.334. The summed E-state index contributed by atoms with van der Waals surface area (Å²) in [5, 5.41) is 0. The first-order valence-corrected chi connectivity index (χ1v) is 6.52. The molecular weight excluding hydrogens is 332 g/mol. The van der Waals surface area contributed by atoms with Crippen molar-refractivity contribution < 1.29 is 9.53 Å². The van der Waals surface area contributed by atoms with Crippen LogP contribution in [0.4, 0.5) is 0 Å². The Morgan fingerprint density at radius 1 is 1.36 bits per heavy atom. The summed E-state index contributed by atoms with van der Waals surface area (Å²) >= 11 is 8.40. The van der Waals surface area contributed by atoms with Crippen molar-refractivity contribution in [3.8, 4) is 0 Å². The molecule has 0 N–H and O–H groups in total. The normalized spacial score (nSPS) is 10.0. The number of esters is 1.